The zero-order valence-electron chi connectivity index (χ0n) is 14.7. The van der Waals surface area contributed by atoms with E-state index in [4.69, 9.17) is 23.2 Å². The summed E-state index contributed by atoms with van der Waals surface area (Å²) in [7, 11) is 0. The van der Waals surface area contributed by atoms with Gasteiger partial charge in [0.15, 0.2) is 0 Å². The van der Waals surface area contributed by atoms with Gasteiger partial charge < -0.3 is 10.1 Å². The fourth-order valence-corrected chi connectivity index (χ4v) is 2.83. The molecule has 0 aliphatic heterocycles. The van der Waals surface area contributed by atoms with E-state index in [2.05, 4.69) is 4.74 Å². The molecule has 0 amide bonds. The summed E-state index contributed by atoms with van der Waals surface area (Å²) in [5.41, 5.74) is -6.46. The highest BCUT2D eigenvalue weighted by molar-refractivity contribution is 6.39. The number of halogens is 9. The summed E-state index contributed by atoms with van der Waals surface area (Å²) >= 11 is 11.5. The standard InChI is InChI=1S/C15H6Cl2F7N3O5/c16-8-3-6(32-15(23,24)13(18)19)4-9(17)12(8)25-11-7(14(20,21)22)1-5(26(28)29)2-10(11)27(30)31/h1-4,13,25H. The van der Waals surface area contributed by atoms with Crippen LogP contribution in [0.4, 0.5) is 53.5 Å². The lowest BCUT2D eigenvalue weighted by atomic mass is 10.1. The molecule has 0 unspecified atom stereocenters. The zero-order valence-corrected chi connectivity index (χ0v) is 16.2. The molecule has 0 aliphatic rings. The maximum atomic E-state index is 13.4. The van der Waals surface area contributed by atoms with Crippen molar-refractivity contribution in [3.05, 3.63) is 60.1 Å². The minimum Gasteiger partial charge on any atom is -0.428 e. The van der Waals surface area contributed by atoms with Crippen LogP contribution in [-0.4, -0.2) is 22.4 Å². The number of hydrogen-bond donors (Lipinski definition) is 1. The van der Waals surface area contributed by atoms with Gasteiger partial charge in [0.25, 0.3) is 11.4 Å². The third-order valence-electron chi connectivity index (χ3n) is 3.59. The Morgan fingerprint density at radius 1 is 0.906 bits per heavy atom. The van der Waals surface area contributed by atoms with Crippen LogP contribution in [0.3, 0.4) is 0 Å². The second kappa shape index (κ2) is 8.82. The molecule has 2 aromatic carbocycles. The average molecular weight is 512 g/mol. The van der Waals surface area contributed by atoms with Gasteiger partial charge in [-0.3, -0.25) is 20.2 Å². The second-order valence-electron chi connectivity index (χ2n) is 5.75. The maximum Gasteiger partial charge on any atom is 0.461 e. The average Bonchev–Trinajstić information content (AvgIpc) is 2.62. The van der Waals surface area contributed by atoms with Gasteiger partial charge in [-0.2, -0.15) is 30.7 Å². The largest absolute Gasteiger partial charge is 0.461 e. The molecule has 0 bridgehead atoms. The predicted molar refractivity (Wildman–Crippen MR) is 96.1 cm³/mol. The first kappa shape index (κ1) is 25.2. The fraction of sp³-hybridized carbons (Fsp3) is 0.200. The molecule has 32 heavy (non-hydrogen) atoms. The van der Waals surface area contributed by atoms with Crippen molar-refractivity contribution in [3.8, 4) is 5.75 Å². The first-order chi connectivity index (χ1) is 14.5. The van der Waals surface area contributed by atoms with Crippen LogP contribution in [-0.2, 0) is 6.18 Å². The van der Waals surface area contributed by atoms with Gasteiger partial charge in [-0.05, 0) is 0 Å². The smallest absolute Gasteiger partial charge is 0.428 e. The molecular weight excluding hydrogens is 506 g/mol. The molecule has 0 saturated carbocycles. The zero-order chi connectivity index (χ0) is 24.6. The Bertz CT molecular complexity index is 1060. The Morgan fingerprint density at radius 3 is 1.84 bits per heavy atom. The molecule has 0 aliphatic carbocycles. The molecule has 8 nitrogen and oxygen atoms in total. The van der Waals surface area contributed by atoms with Crippen molar-refractivity contribution in [1.29, 1.82) is 0 Å². The molecular formula is C15H6Cl2F7N3O5. The van der Waals surface area contributed by atoms with Crippen molar-refractivity contribution < 1.29 is 45.3 Å². The van der Waals surface area contributed by atoms with Crippen LogP contribution in [0, 0.1) is 20.2 Å². The summed E-state index contributed by atoms with van der Waals surface area (Å²) < 4.78 is 94.7. The molecule has 0 fully saturated rings. The van der Waals surface area contributed by atoms with Gasteiger partial charge in [-0.15, -0.1) is 0 Å². The maximum absolute atomic E-state index is 13.4. The van der Waals surface area contributed by atoms with E-state index >= 15 is 0 Å². The highest BCUT2D eigenvalue weighted by Crippen LogP contribution is 2.46. The summed E-state index contributed by atoms with van der Waals surface area (Å²) in [5, 5.41) is 22.5. The van der Waals surface area contributed by atoms with E-state index in [0.717, 1.165) is 0 Å². The van der Waals surface area contributed by atoms with E-state index in [1.807, 2.05) is 5.32 Å². The fourth-order valence-electron chi connectivity index (χ4n) is 2.27. The highest BCUT2D eigenvalue weighted by Gasteiger charge is 2.44. The number of nitrogens with zero attached hydrogens (tertiary/aromatic N) is 2. The molecule has 2 rings (SSSR count). The Balaban J connectivity index is 2.64. The van der Waals surface area contributed by atoms with Crippen LogP contribution in [0.25, 0.3) is 0 Å². The van der Waals surface area contributed by atoms with Crippen molar-refractivity contribution in [2.45, 2.75) is 18.7 Å². The van der Waals surface area contributed by atoms with Crippen LogP contribution in [0.1, 0.15) is 5.56 Å². The number of benzene rings is 2. The van der Waals surface area contributed by atoms with Crippen LogP contribution < -0.4 is 10.1 Å². The summed E-state index contributed by atoms with van der Waals surface area (Å²) in [6, 6.07) is 1.21. The molecule has 0 spiro atoms. The van der Waals surface area contributed by atoms with Crippen molar-refractivity contribution >= 4 is 46.0 Å². The minimum absolute atomic E-state index is 0.0117. The SMILES string of the molecule is O=[N+]([O-])c1cc([N+](=O)[O-])c(Nc2c(Cl)cc(OC(F)(F)C(F)F)cc2Cl)c(C(F)(F)F)c1. The molecule has 174 valence electrons. The molecule has 1 N–H and O–H groups in total. The lowest BCUT2D eigenvalue weighted by molar-refractivity contribution is -0.394. The van der Waals surface area contributed by atoms with E-state index in [1.54, 1.807) is 0 Å². The Labute approximate surface area is 181 Å². The molecule has 2 aromatic rings. The third-order valence-corrected chi connectivity index (χ3v) is 4.18. The lowest BCUT2D eigenvalue weighted by Gasteiger charge is -2.19. The number of rotatable bonds is 7. The molecule has 17 heteroatoms. The molecule has 0 radical (unpaired) electrons. The van der Waals surface area contributed by atoms with Gasteiger partial charge in [0.1, 0.15) is 11.4 Å². The van der Waals surface area contributed by atoms with Gasteiger partial charge in [-0.1, -0.05) is 23.2 Å². The van der Waals surface area contributed by atoms with Crippen molar-refractivity contribution in [2.75, 3.05) is 5.32 Å². The van der Waals surface area contributed by atoms with Crippen LogP contribution >= 0.6 is 23.2 Å². The molecule has 0 aromatic heterocycles. The first-order valence-corrected chi connectivity index (χ1v) is 8.45. The third kappa shape index (κ3) is 5.40. The van der Waals surface area contributed by atoms with Crippen molar-refractivity contribution in [3.63, 3.8) is 0 Å². The minimum atomic E-state index is -5.33. The number of alkyl halides is 7. The number of nitrogens with one attached hydrogen (secondary N) is 1. The normalized spacial score (nSPS) is 12.1. The van der Waals surface area contributed by atoms with E-state index in [1.165, 1.54) is 0 Å². The van der Waals surface area contributed by atoms with E-state index in [0.29, 0.717) is 12.1 Å². The van der Waals surface area contributed by atoms with Crippen molar-refractivity contribution in [1.82, 2.24) is 0 Å². The number of hydrogen-bond acceptors (Lipinski definition) is 6. The summed E-state index contributed by atoms with van der Waals surface area (Å²) in [6.45, 7) is 0. The Hall–Kier alpha value is -3.07. The lowest BCUT2D eigenvalue weighted by Crippen LogP contribution is -2.33. The van der Waals surface area contributed by atoms with Crippen LogP contribution in [0.15, 0.2) is 24.3 Å². The predicted octanol–water partition coefficient (Wildman–Crippen LogP) is 6.81. The van der Waals surface area contributed by atoms with Crippen LogP contribution in [0.5, 0.6) is 5.75 Å². The number of anilines is 2. The summed E-state index contributed by atoms with van der Waals surface area (Å²) in [5.74, 6) is -0.995. The monoisotopic (exact) mass is 511 g/mol. The molecule has 0 atom stereocenters. The second-order valence-corrected chi connectivity index (χ2v) is 6.57. The quantitative estimate of drug-likeness (QED) is 0.248. The van der Waals surface area contributed by atoms with Gasteiger partial charge >= 0.3 is 18.7 Å². The van der Waals surface area contributed by atoms with Gasteiger partial charge in [0.05, 0.1) is 37.2 Å². The topological polar surface area (TPSA) is 108 Å². The molecule has 0 saturated heterocycles. The number of non-ortho nitro benzene ring substituents is 1. The highest BCUT2D eigenvalue weighted by atomic mass is 35.5. The number of nitro benzene ring substituents is 2. The summed E-state index contributed by atoms with van der Waals surface area (Å²) in [6.07, 6.45) is -14.5. The van der Waals surface area contributed by atoms with Gasteiger partial charge in [0.2, 0.25) is 0 Å². The van der Waals surface area contributed by atoms with E-state index in [9.17, 15) is 51.0 Å². The molecule has 0 heterocycles. The Kier molecular flexibility index (Phi) is 6.94. The van der Waals surface area contributed by atoms with E-state index < -0.39 is 72.7 Å². The van der Waals surface area contributed by atoms with Gasteiger partial charge in [-0.25, -0.2) is 0 Å². The first-order valence-electron chi connectivity index (χ1n) is 7.69. The number of ether oxygens (including phenoxy) is 1. The van der Waals surface area contributed by atoms with Gasteiger partial charge in [0, 0.05) is 18.2 Å². The van der Waals surface area contributed by atoms with E-state index in [-0.39, 0.29) is 12.1 Å². The Morgan fingerprint density at radius 2 is 1.44 bits per heavy atom. The van der Waals surface area contributed by atoms with Crippen LogP contribution in [0.2, 0.25) is 10.0 Å². The number of nitro groups is 2. The van der Waals surface area contributed by atoms with Crippen molar-refractivity contribution in [2.24, 2.45) is 0 Å². The summed E-state index contributed by atoms with van der Waals surface area (Å²) in [4.78, 5) is 19.5.